The molecule has 0 radical (unpaired) electrons. The fraction of sp³-hybridized carbons (Fsp3) is 0.238. The van der Waals surface area contributed by atoms with Crippen LogP contribution in [0.1, 0.15) is 18.5 Å². The van der Waals surface area contributed by atoms with Crippen molar-refractivity contribution in [2.45, 2.75) is 17.9 Å². The second-order valence-electron chi connectivity index (χ2n) is 6.93. The molecule has 166 valence electrons. The minimum Gasteiger partial charge on any atom is -0.495 e. The van der Waals surface area contributed by atoms with Gasteiger partial charge in [-0.15, -0.1) is 11.8 Å². The normalized spacial score (nSPS) is 15.1. The third kappa shape index (κ3) is 3.98. The maximum atomic E-state index is 13.5. The van der Waals surface area contributed by atoms with Crippen LogP contribution < -0.4 is 20.1 Å². The summed E-state index contributed by atoms with van der Waals surface area (Å²) in [5, 5.41) is 18.3. The highest BCUT2D eigenvalue weighted by Crippen LogP contribution is 2.39. The van der Waals surface area contributed by atoms with Gasteiger partial charge in [0.15, 0.2) is 0 Å². The Morgan fingerprint density at radius 3 is 2.56 bits per heavy atom. The van der Waals surface area contributed by atoms with Crippen LogP contribution in [0.25, 0.3) is 0 Å². The van der Waals surface area contributed by atoms with Crippen LogP contribution in [0.5, 0.6) is 11.5 Å². The zero-order valence-electron chi connectivity index (χ0n) is 17.8. The predicted octanol–water partition coefficient (Wildman–Crippen LogP) is 3.99. The number of hydrogen-bond donors (Lipinski definition) is 2. The highest BCUT2D eigenvalue weighted by molar-refractivity contribution is 7.98. The molecule has 4 rings (SSSR count). The predicted molar refractivity (Wildman–Crippen MR) is 124 cm³/mol. The molecule has 1 aliphatic rings. The number of nitrogens with one attached hydrogen (secondary N) is 2. The van der Waals surface area contributed by atoms with Crippen molar-refractivity contribution in [2.24, 2.45) is 0 Å². The molecule has 1 aliphatic heterocycles. The van der Waals surface area contributed by atoms with Crippen LogP contribution in [0.2, 0.25) is 5.02 Å². The number of nitrogens with zero attached hydrogens (tertiary/aromatic N) is 4. The summed E-state index contributed by atoms with van der Waals surface area (Å²) < 4.78 is 12.3. The number of carbonyl (C=O) groups is 1. The Morgan fingerprint density at radius 1 is 1.19 bits per heavy atom. The van der Waals surface area contributed by atoms with Gasteiger partial charge in [-0.1, -0.05) is 28.8 Å². The third-order valence-corrected chi connectivity index (χ3v) is 6.15. The van der Waals surface area contributed by atoms with E-state index >= 15 is 0 Å². The zero-order valence-corrected chi connectivity index (χ0v) is 19.4. The fourth-order valence-electron chi connectivity index (χ4n) is 3.55. The van der Waals surface area contributed by atoms with Crippen molar-refractivity contribution in [2.75, 3.05) is 31.1 Å². The summed E-state index contributed by atoms with van der Waals surface area (Å²) in [6, 6.07) is 10.6. The number of aromatic nitrogens is 4. The highest BCUT2D eigenvalue weighted by atomic mass is 35.5. The first-order valence-electron chi connectivity index (χ1n) is 9.59. The molecular weight excluding hydrogens is 452 g/mol. The van der Waals surface area contributed by atoms with Gasteiger partial charge in [-0.05, 0) is 41.3 Å². The van der Waals surface area contributed by atoms with E-state index in [2.05, 4.69) is 26.2 Å². The molecule has 0 unspecified atom stereocenters. The largest absolute Gasteiger partial charge is 0.495 e. The van der Waals surface area contributed by atoms with Crippen LogP contribution in [-0.2, 0) is 4.79 Å². The van der Waals surface area contributed by atoms with Crippen molar-refractivity contribution in [3.63, 3.8) is 0 Å². The first-order valence-corrected chi connectivity index (χ1v) is 11.2. The van der Waals surface area contributed by atoms with Crippen LogP contribution in [0.3, 0.4) is 0 Å². The SMILES string of the molecule is COc1cc(NC(=O)C2=C(C)Nc3nnnn3[C@@H]2c2ccc(SC)cc2)c(OC)cc1Cl. The Morgan fingerprint density at radius 2 is 1.91 bits per heavy atom. The second-order valence-corrected chi connectivity index (χ2v) is 8.21. The lowest BCUT2D eigenvalue weighted by molar-refractivity contribution is -0.113. The number of benzene rings is 2. The van der Waals surface area contributed by atoms with E-state index < -0.39 is 6.04 Å². The van der Waals surface area contributed by atoms with Crippen LogP contribution in [0.4, 0.5) is 11.6 Å². The summed E-state index contributed by atoms with van der Waals surface area (Å²) in [5.41, 5.74) is 2.42. The van der Waals surface area contributed by atoms with E-state index in [4.69, 9.17) is 21.1 Å². The summed E-state index contributed by atoms with van der Waals surface area (Å²) in [6.07, 6.45) is 2.01. The standard InChI is InChI=1S/C21H21ClN6O3S/c1-11-18(20(29)24-15-10-16(30-2)14(22)9-17(15)31-3)19(28-21(23-11)25-26-27-28)12-5-7-13(32-4)8-6-12/h5-10,19H,1-4H3,(H,24,29)(H,23,25,27)/t19-/m1/s1. The zero-order chi connectivity index (χ0) is 22.8. The topological polar surface area (TPSA) is 103 Å². The fourth-order valence-corrected chi connectivity index (χ4v) is 4.19. The van der Waals surface area contributed by atoms with E-state index in [1.54, 1.807) is 28.6 Å². The van der Waals surface area contributed by atoms with E-state index in [1.807, 2.05) is 37.4 Å². The first-order chi connectivity index (χ1) is 15.5. The average molecular weight is 473 g/mol. The van der Waals surface area contributed by atoms with E-state index in [1.165, 1.54) is 14.2 Å². The molecule has 11 heteroatoms. The molecule has 0 aliphatic carbocycles. The minimum atomic E-state index is -0.516. The molecule has 1 aromatic heterocycles. The molecule has 0 fully saturated rings. The number of hydrogen-bond acceptors (Lipinski definition) is 8. The average Bonchev–Trinajstić information content (AvgIpc) is 3.26. The molecule has 0 spiro atoms. The van der Waals surface area contributed by atoms with Gasteiger partial charge in [0.1, 0.15) is 17.5 Å². The van der Waals surface area contributed by atoms with Gasteiger partial charge >= 0.3 is 0 Å². The van der Waals surface area contributed by atoms with Crippen molar-refractivity contribution in [3.05, 3.63) is 58.3 Å². The van der Waals surface area contributed by atoms with Gasteiger partial charge in [-0.25, -0.2) is 0 Å². The lowest BCUT2D eigenvalue weighted by atomic mass is 9.95. The monoisotopic (exact) mass is 472 g/mol. The molecule has 2 N–H and O–H groups in total. The number of thioether (sulfide) groups is 1. The number of carbonyl (C=O) groups excluding carboxylic acids is 1. The molecule has 9 nitrogen and oxygen atoms in total. The number of halogens is 1. The van der Waals surface area contributed by atoms with Gasteiger partial charge in [0.05, 0.1) is 30.5 Å². The lowest BCUT2D eigenvalue weighted by Crippen LogP contribution is -2.31. The molecule has 2 heterocycles. The van der Waals surface area contributed by atoms with Gasteiger partial charge in [0.25, 0.3) is 5.91 Å². The maximum Gasteiger partial charge on any atom is 0.255 e. The molecule has 0 bridgehead atoms. The van der Waals surface area contributed by atoms with Crippen LogP contribution in [0, 0.1) is 0 Å². The molecule has 2 aromatic carbocycles. The lowest BCUT2D eigenvalue weighted by Gasteiger charge is -2.28. The third-order valence-electron chi connectivity index (χ3n) is 5.11. The van der Waals surface area contributed by atoms with E-state index in [-0.39, 0.29) is 5.91 Å². The molecule has 0 saturated heterocycles. The van der Waals surface area contributed by atoms with Crippen LogP contribution in [0.15, 0.2) is 52.6 Å². The molecule has 3 aromatic rings. The molecule has 0 saturated carbocycles. The molecular formula is C21H21ClN6O3S. The van der Waals surface area contributed by atoms with Gasteiger partial charge in [-0.3, -0.25) is 4.79 Å². The van der Waals surface area contributed by atoms with Gasteiger partial charge < -0.3 is 20.1 Å². The van der Waals surface area contributed by atoms with Crippen LogP contribution in [-0.4, -0.2) is 46.6 Å². The number of ether oxygens (including phenoxy) is 2. The summed E-state index contributed by atoms with van der Waals surface area (Å²) in [5.74, 6) is 0.957. The number of tetrazole rings is 1. The number of rotatable bonds is 6. The first kappa shape index (κ1) is 22.0. The van der Waals surface area contributed by atoms with Crippen molar-refractivity contribution < 1.29 is 14.3 Å². The maximum absolute atomic E-state index is 13.5. The highest BCUT2D eigenvalue weighted by Gasteiger charge is 2.34. The summed E-state index contributed by atoms with van der Waals surface area (Å²) in [7, 11) is 3.01. The molecule has 1 atom stereocenters. The van der Waals surface area contributed by atoms with Gasteiger partial charge in [0.2, 0.25) is 5.95 Å². The number of allylic oxidation sites excluding steroid dienone is 1. The number of fused-ring (bicyclic) bond motifs is 1. The summed E-state index contributed by atoms with van der Waals surface area (Å²) in [4.78, 5) is 14.7. The van der Waals surface area contributed by atoms with Crippen LogP contribution >= 0.6 is 23.4 Å². The van der Waals surface area contributed by atoms with Gasteiger partial charge in [-0.2, -0.15) is 4.68 Å². The summed E-state index contributed by atoms with van der Waals surface area (Å²) >= 11 is 7.84. The minimum absolute atomic E-state index is 0.335. The number of amides is 1. The molecule has 1 amide bonds. The smallest absolute Gasteiger partial charge is 0.255 e. The van der Waals surface area contributed by atoms with Gasteiger partial charge in [0, 0.05) is 22.7 Å². The Bertz CT molecular complexity index is 1190. The Kier molecular flexibility index (Phi) is 6.24. The Hall–Kier alpha value is -3.24. The van der Waals surface area contributed by atoms with E-state index in [0.717, 1.165) is 10.5 Å². The Labute approximate surface area is 194 Å². The van der Waals surface area contributed by atoms with Crippen molar-refractivity contribution in [3.8, 4) is 11.5 Å². The quantitative estimate of drug-likeness (QED) is 0.519. The summed E-state index contributed by atoms with van der Waals surface area (Å²) in [6.45, 7) is 1.82. The van der Waals surface area contributed by atoms with Crippen molar-refractivity contribution in [1.82, 2.24) is 20.2 Å². The van der Waals surface area contributed by atoms with Crippen molar-refractivity contribution >= 4 is 40.9 Å². The second kappa shape index (κ2) is 9.09. The number of methoxy groups -OCH3 is 2. The van der Waals surface area contributed by atoms with E-state index in [0.29, 0.717) is 39.4 Å². The van der Waals surface area contributed by atoms with E-state index in [9.17, 15) is 4.79 Å². The molecule has 32 heavy (non-hydrogen) atoms. The van der Waals surface area contributed by atoms with Crippen molar-refractivity contribution in [1.29, 1.82) is 0 Å². The number of anilines is 2. The Balaban J connectivity index is 1.75.